The number of hydrogen-bond acceptors (Lipinski definition) is 2. The molecule has 3 rings (SSSR count). The number of nitrogens with two attached hydrogens (primary N) is 1. The van der Waals surface area contributed by atoms with Gasteiger partial charge in [0.2, 0.25) is 5.95 Å². The van der Waals surface area contributed by atoms with E-state index in [2.05, 4.69) is 36.2 Å². The number of imidazole rings is 1. The SMILES string of the molecule is Cc1ccc(-n2c(N)nc3c(C)cccc32)cc1. The van der Waals surface area contributed by atoms with Crippen molar-refractivity contribution in [1.29, 1.82) is 0 Å². The molecule has 0 bridgehead atoms. The minimum absolute atomic E-state index is 0.531. The number of hydrogen-bond donors (Lipinski definition) is 1. The van der Waals surface area contributed by atoms with Crippen LogP contribution in [0.1, 0.15) is 11.1 Å². The van der Waals surface area contributed by atoms with Gasteiger partial charge in [0.1, 0.15) is 0 Å². The zero-order chi connectivity index (χ0) is 12.7. The van der Waals surface area contributed by atoms with E-state index in [1.54, 1.807) is 0 Å². The lowest BCUT2D eigenvalue weighted by molar-refractivity contribution is 1.11. The van der Waals surface area contributed by atoms with Gasteiger partial charge < -0.3 is 5.73 Å². The second-order valence-corrected chi connectivity index (χ2v) is 4.58. The number of nitrogen functional groups attached to an aromatic ring is 1. The van der Waals surface area contributed by atoms with E-state index < -0.39 is 0 Å². The molecule has 1 aromatic heterocycles. The van der Waals surface area contributed by atoms with Gasteiger partial charge in [0, 0.05) is 5.69 Å². The number of anilines is 1. The van der Waals surface area contributed by atoms with E-state index in [9.17, 15) is 0 Å². The highest BCUT2D eigenvalue weighted by atomic mass is 15.2. The van der Waals surface area contributed by atoms with Gasteiger partial charge in [-0.2, -0.15) is 0 Å². The summed E-state index contributed by atoms with van der Waals surface area (Å²) in [5.41, 5.74) is 11.5. The number of fused-ring (bicyclic) bond motifs is 1. The topological polar surface area (TPSA) is 43.8 Å². The maximum absolute atomic E-state index is 6.04. The van der Waals surface area contributed by atoms with Crippen LogP contribution in [0.5, 0.6) is 0 Å². The molecular formula is C15H15N3. The Labute approximate surface area is 106 Å². The third-order valence-corrected chi connectivity index (χ3v) is 3.20. The summed E-state index contributed by atoms with van der Waals surface area (Å²) in [7, 11) is 0. The Balaban J connectivity index is 2.32. The zero-order valence-electron chi connectivity index (χ0n) is 10.5. The number of aromatic nitrogens is 2. The van der Waals surface area contributed by atoms with E-state index in [1.165, 1.54) is 5.56 Å². The highest BCUT2D eigenvalue weighted by molar-refractivity contribution is 5.83. The fraction of sp³-hybridized carbons (Fsp3) is 0.133. The van der Waals surface area contributed by atoms with Crippen molar-refractivity contribution in [3.8, 4) is 5.69 Å². The predicted octanol–water partition coefficient (Wildman–Crippen LogP) is 3.22. The van der Waals surface area contributed by atoms with Crippen molar-refractivity contribution in [1.82, 2.24) is 9.55 Å². The van der Waals surface area contributed by atoms with E-state index in [0.717, 1.165) is 22.3 Å². The molecular weight excluding hydrogens is 222 g/mol. The predicted molar refractivity (Wildman–Crippen MR) is 75.0 cm³/mol. The molecule has 90 valence electrons. The first-order chi connectivity index (χ1) is 8.66. The van der Waals surface area contributed by atoms with Crippen molar-refractivity contribution in [2.75, 3.05) is 5.73 Å². The number of benzene rings is 2. The Hall–Kier alpha value is -2.29. The van der Waals surface area contributed by atoms with Crippen LogP contribution < -0.4 is 5.73 Å². The largest absolute Gasteiger partial charge is 0.369 e. The minimum atomic E-state index is 0.531. The molecule has 2 aromatic carbocycles. The van der Waals surface area contributed by atoms with Gasteiger partial charge in [-0.05, 0) is 37.6 Å². The fourth-order valence-electron chi connectivity index (χ4n) is 2.22. The molecule has 0 atom stereocenters. The first kappa shape index (κ1) is 10.8. The minimum Gasteiger partial charge on any atom is -0.369 e. The lowest BCUT2D eigenvalue weighted by Crippen LogP contribution is -2.00. The summed E-state index contributed by atoms with van der Waals surface area (Å²) in [5, 5.41) is 0. The van der Waals surface area contributed by atoms with E-state index in [-0.39, 0.29) is 0 Å². The third-order valence-electron chi connectivity index (χ3n) is 3.20. The molecule has 0 aliphatic heterocycles. The third kappa shape index (κ3) is 1.56. The van der Waals surface area contributed by atoms with Crippen molar-refractivity contribution in [3.05, 3.63) is 53.6 Å². The zero-order valence-corrected chi connectivity index (χ0v) is 10.5. The maximum atomic E-state index is 6.04. The van der Waals surface area contributed by atoms with E-state index >= 15 is 0 Å². The molecule has 0 aliphatic carbocycles. The summed E-state index contributed by atoms with van der Waals surface area (Å²) in [6, 6.07) is 14.4. The van der Waals surface area contributed by atoms with Crippen LogP contribution in [0.4, 0.5) is 5.95 Å². The Morgan fingerprint density at radius 2 is 1.72 bits per heavy atom. The van der Waals surface area contributed by atoms with Crippen LogP contribution in [0.3, 0.4) is 0 Å². The molecule has 18 heavy (non-hydrogen) atoms. The number of aryl methyl sites for hydroxylation is 2. The van der Waals surface area contributed by atoms with Gasteiger partial charge in [-0.25, -0.2) is 4.98 Å². The Bertz CT molecular complexity index is 708. The Morgan fingerprint density at radius 1 is 1.00 bits per heavy atom. The average Bonchev–Trinajstić information content (AvgIpc) is 2.69. The number of rotatable bonds is 1. The Morgan fingerprint density at radius 3 is 2.44 bits per heavy atom. The van der Waals surface area contributed by atoms with Gasteiger partial charge in [0.25, 0.3) is 0 Å². The van der Waals surface area contributed by atoms with Crippen LogP contribution in [0.25, 0.3) is 16.7 Å². The van der Waals surface area contributed by atoms with Crippen LogP contribution in [-0.2, 0) is 0 Å². The van der Waals surface area contributed by atoms with Gasteiger partial charge in [0.05, 0.1) is 11.0 Å². The van der Waals surface area contributed by atoms with Crippen LogP contribution >= 0.6 is 0 Å². The molecule has 0 aliphatic rings. The summed E-state index contributed by atoms with van der Waals surface area (Å²) in [4.78, 5) is 4.45. The standard InChI is InChI=1S/C15H15N3/c1-10-6-8-12(9-7-10)18-13-5-3-4-11(2)14(13)17-15(18)16/h3-9H,1-2H3,(H2,16,17). The maximum Gasteiger partial charge on any atom is 0.205 e. The summed E-state index contributed by atoms with van der Waals surface area (Å²) in [6.45, 7) is 4.12. The normalized spacial score (nSPS) is 11.0. The first-order valence-electron chi connectivity index (χ1n) is 5.97. The van der Waals surface area contributed by atoms with Crippen molar-refractivity contribution >= 4 is 17.0 Å². The Kier molecular flexibility index (Phi) is 2.33. The van der Waals surface area contributed by atoms with Crippen molar-refractivity contribution in [2.45, 2.75) is 13.8 Å². The molecule has 0 fully saturated rings. The molecule has 0 saturated carbocycles. The van der Waals surface area contributed by atoms with Gasteiger partial charge in [-0.3, -0.25) is 4.57 Å². The highest BCUT2D eigenvalue weighted by Gasteiger charge is 2.10. The molecule has 0 radical (unpaired) electrons. The molecule has 0 amide bonds. The van der Waals surface area contributed by atoms with E-state index in [4.69, 9.17) is 5.73 Å². The van der Waals surface area contributed by atoms with Crippen LogP contribution in [-0.4, -0.2) is 9.55 Å². The molecule has 0 saturated heterocycles. The second kappa shape index (κ2) is 3.88. The van der Waals surface area contributed by atoms with Crippen LogP contribution in [0, 0.1) is 13.8 Å². The summed E-state index contributed by atoms with van der Waals surface area (Å²) >= 11 is 0. The lowest BCUT2D eigenvalue weighted by Gasteiger charge is -2.06. The van der Waals surface area contributed by atoms with Crippen LogP contribution in [0.15, 0.2) is 42.5 Å². The smallest absolute Gasteiger partial charge is 0.205 e. The molecule has 2 N–H and O–H groups in total. The van der Waals surface area contributed by atoms with Crippen LogP contribution in [0.2, 0.25) is 0 Å². The summed E-state index contributed by atoms with van der Waals surface area (Å²) in [6.07, 6.45) is 0. The van der Waals surface area contributed by atoms with Gasteiger partial charge in [0.15, 0.2) is 0 Å². The monoisotopic (exact) mass is 237 g/mol. The quantitative estimate of drug-likeness (QED) is 0.706. The average molecular weight is 237 g/mol. The number of para-hydroxylation sites is 1. The molecule has 3 nitrogen and oxygen atoms in total. The van der Waals surface area contributed by atoms with Crippen molar-refractivity contribution < 1.29 is 0 Å². The molecule has 0 unspecified atom stereocenters. The fourth-order valence-corrected chi connectivity index (χ4v) is 2.22. The van der Waals surface area contributed by atoms with E-state index in [0.29, 0.717) is 5.95 Å². The highest BCUT2D eigenvalue weighted by Crippen LogP contribution is 2.25. The summed E-state index contributed by atoms with van der Waals surface area (Å²) in [5.74, 6) is 0.531. The molecule has 3 heteroatoms. The summed E-state index contributed by atoms with van der Waals surface area (Å²) < 4.78 is 1.99. The van der Waals surface area contributed by atoms with Gasteiger partial charge in [-0.1, -0.05) is 29.8 Å². The van der Waals surface area contributed by atoms with Gasteiger partial charge in [-0.15, -0.1) is 0 Å². The molecule has 3 aromatic rings. The van der Waals surface area contributed by atoms with E-state index in [1.807, 2.05) is 29.7 Å². The molecule has 0 spiro atoms. The second-order valence-electron chi connectivity index (χ2n) is 4.58. The lowest BCUT2D eigenvalue weighted by atomic mass is 10.2. The molecule has 1 heterocycles. The van der Waals surface area contributed by atoms with Gasteiger partial charge >= 0.3 is 0 Å². The van der Waals surface area contributed by atoms with Crippen molar-refractivity contribution in [3.63, 3.8) is 0 Å². The van der Waals surface area contributed by atoms with Crippen molar-refractivity contribution in [2.24, 2.45) is 0 Å². The first-order valence-corrected chi connectivity index (χ1v) is 5.97. The number of nitrogens with zero attached hydrogens (tertiary/aromatic N) is 2.